The van der Waals surface area contributed by atoms with Gasteiger partial charge in [-0.25, -0.2) is 0 Å². The van der Waals surface area contributed by atoms with Crippen molar-refractivity contribution in [2.24, 2.45) is 5.73 Å². The van der Waals surface area contributed by atoms with Crippen LogP contribution < -0.4 is 21.1 Å². The summed E-state index contributed by atoms with van der Waals surface area (Å²) in [5.41, 5.74) is 5.36. The second-order valence-electron chi connectivity index (χ2n) is 7.89. The van der Waals surface area contributed by atoms with Crippen LogP contribution in [-0.2, 0) is 28.6 Å². The number of fused-ring (bicyclic) bond motifs is 1. The second-order valence-corrected chi connectivity index (χ2v) is 7.89. The molecule has 0 spiro atoms. The lowest BCUT2D eigenvalue weighted by Crippen LogP contribution is -2.54. The van der Waals surface area contributed by atoms with E-state index in [2.05, 4.69) is 10.6 Å². The molecular weight excluding hydrogens is 512 g/mol. The van der Waals surface area contributed by atoms with Gasteiger partial charge in [-0.1, -0.05) is 6.07 Å². The molecule has 0 aliphatic carbocycles. The molecule has 2 aliphatic heterocycles. The van der Waals surface area contributed by atoms with Crippen LogP contribution in [0.25, 0.3) is 0 Å². The standard InChI is InChI=1S/C23H30N4O9.ClH/c24-6-8-33-10-12-35-13-11-34-9-7-25-19(29)14-36-17-3-1-2-15-20(17)23(32)27(22(15)31)16-4-5-18(28)26-21(16)30;/h1-3,16H,4-14,24H2,(H,25,29)(H,26,28,30);1H. The predicted octanol–water partition coefficient (Wildman–Crippen LogP) is -0.987. The van der Waals surface area contributed by atoms with Gasteiger partial charge in [-0.05, 0) is 18.6 Å². The van der Waals surface area contributed by atoms with Gasteiger partial charge in [0.2, 0.25) is 11.8 Å². The molecule has 1 fully saturated rings. The lowest BCUT2D eigenvalue weighted by atomic mass is 10.0. The molecule has 5 amide bonds. The number of piperidine rings is 1. The maximum Gasteiger partial charge on any atom is 0.266 e. The number of hydrogen-bond acceptors (Lipinski definition) is 10. The molecule has 204 valence electrons. The van der Waals surface area contributed by atoms with Crippen LogP contribution in [0.5, 0.6) is 5.75 Å². The molecule has 2 heterocycles. The third-order valence-corrected chi connectivity index (χ3v) is 5.36. The number of benzene rings is 1. The van der Waals surface area contributed by atoms with E-state index >= 15 is 0 Å². The Balaban J connectivity index is 0.00000481. The molecule has 0 saturated carbocycles. The molecule has 0 radical (unpaired) electrons. The minimum absolute atomic E-state index is 0. The first kappa shape index (κ1) is 30.1. The summed E-state index contributed by atoms with van der Waals surface area (Å²) in [6.07, 6.45) is 0.0699. The number of halogens is 1. The zero-order chi connectivity index (χ0) is 25.9. The van der Waals surface area contributed by atoms with Crippen molar-refractivity contribution in [2.45, 2.75) is 18.9 Å². The van der Waals surface area contributed by atoms with Crippen molar-refractivity contribution in [1.82, 2.24) is 15.5 Å². The number of rotatable bonds is 15. The first-order valence-electron chi connectivity index (χ1n) is 11.6. The fourth-order valence-corrected chi connectivity index (χ4v) is 3.69. The molecular formula is C23H31ClN4O9. The zero-order valence-electron chi connectivity index (χ0n) is 20.2. The van der Waals surface area contributed by atoms with Crippen molar-refractivity contribution in [1.29, 1.82) is 0 Å². The van der Waals surface area contributed by atoms with Crippen molar-refractivity contribution >= 4 is 41.9 Å². The number of nitrogens with zero attached hydrogens (tertiary/aromatic N) is 1. The van der Waals surface area contributed by atoms with E-state index in [-0.39, 0.29) is 61.9 Å². The largest absolute Gasteiger partial charge is 0.483 e. The average Bonchev–Trinajstić information content (AvgIpc) is 3.11. The predicted molar refractivity (Wildman–Crippen MR) is 130 cm³/mol. The molecule has 3 rings (SSSR count). The number of imide groups is 2. The number of nitrogens with one attached hydrogen (secondary N) is 2. The van der Waals surface area contributed by atoms with E-state index in [9.17, 15) is 24.0 Å². The van der Waals surface area contributed by atoms with Crippen molar-refractivity contribution in [3.8, 4) is 5.75 Å². The summed E-state index contributed by atoms with van der Waals surface area (Å²) in [4.78, 5) is 62.4. The summed E-state index contributed by atoms with van der Waals surface area (Å²) in [6, 6.07) is 3.35. The van der Waals surface area contributed by atoms with Crippen molar-refractivity contribution < 1.29 is 42.9 Å². The Kier molecular flexibility index (Phi) is 12.4. The molecule has 14 heteroatoms. The molecule has 1 aromatic carbocycles. The highest BCUT2D eigenvalue weighted by Gasteiger charge is 2.46. The number of amides is 5. The van der Waals surface area contributed by atoms with E-state index < -0.39 is 35.6 Å². The molecule has 13 nitrogen and oxygen atoms in total. The average molecular weight is 543 g/mol. The number of ether oxygens (including phenoxy) is 4. The first-order chi connectivity index (χ1) is 17.4. The van der Waals surface area contributed by atoms with E-state index in [0.717, 1.165) is 4.90 Å². The Morgan fingerprint density at radius 2 is 1.68 bits per heavy atom. The molecule has 1 saturated heterocycles. The lowest BCUT2D eigenvalue weighted by Gasteiger charge is -2.27. The number of carbonyl (C=O) groups is 5. The molecule has 0 aromatic heterocycles. The molecule has 4 N–H and O–H groups in total. The maximum atomic E-state index is 13.0. The fourth-order valence-electron chi connectivity index (χ4n) is 3.69. The number of carbonyl (C=O) groups excluding carboxylic acids is 5. The van der Waals surface area contributed by atoms with Gasteiger partial charge in [-0.15, -0.1) is 12.4 Å². The van der Waals surface area contributed by atoms with Gasteiger partial charge in [0.25, 0.3) is 17.7 Å². The van der Waals surface area contributed by atoms with Gasteiger partial charge in [0.15, 0.2) is 6.61 Å². The quantitative estimate of drug-likeness (QED) is 0.184. The Hall–Kier alpha value is -3.10. The zero-order valence-corrected chi connectivity index (χ0v) is 21.0. The van der Waals surface area contributed by atoms with E-state index in [0.29, 0.717) is 39.6 Å². The van der Waals surface area contributed by atoms with Crippen molar-refractivity contribution in [3.63, 3.8) is 0 Å². The van der Waals surface area contributed by atoms with Gasteiger partial charge in [0.05, 0.1) is 50.8 Å². The smallest absolute Gasteiger partial charge is 0.266 e. The summed E-state index contributed by atoms with van der Waals surface area (Å²) in [5.74, 6) is -2.90. The van der Waals surface area contributed by atoms with Gasteiger partial charge in [-0.2, -0.15) is 0 Å². The van der Waals surface area contributed by atoms with E-state index in [1.807, 2.05) is 0 Å². The monoisotopic (exact) mass is 542 g/mol. The first-order valence-corrected chi connectivity index (χ1v) is 11.6. The van der Waals surface area contributed by atoms with Gasteiger partial charge < -0.3 is 30.0 Å². The molecule has 1 aromatic rings. The van der Waals surface area contributed by atoms with E-state index in [1.54, 1.807) is 0 Å². The minimum atomic E-state index is -1.08. The van der Waals surface area contributed by atoms with Crippen LogP contribution in [0.15, 0.2) is 18.2 Å². The lowest BCUT2D eigenvalue weighted by molar-refractivity contribution is -0.136. The second kappa shape index (κ2) is 15.2. The Morgan fingerprint density at radius 3 is 2.35 bits per heavy atom. The summed E-state index contributed by atoms with van der Waals surface area (Å²) >= 11 is 0. The fraction of sp³-hybridized carbons (Fsp3) is 0.522. The highest BCUT2D eigenvalue weighted by molar-refractivity contribution is 6.24. The Morgan fingerprint density at radius 1 is 1.00 bits per heavy atom. The SMILES string of the molecule is Cl.NCCOCCOCCOCCNC(=O)COc1cccc2c1C(=O)N(C1CCC(=O)NC1=O)C2=O. The number of hydrogen-bond donors (Lipinski definition) is 3. The van der Waals surface area contributed by atoms with Crippen LogP contribution in [-0.4, -0.2) is 99.8 Å². The van der Waals surface area contributed by atoms with Crippen LogP contribution in [0.1, 0.15) is 33.6 Å². The van der Waals surface area contributed by atoms with Crippen LogP contribution in [0.3, 0.4) is 0 Å². The number of nitrogens with two attached hydrogens (primary N) is 1. The van der Waals surface area contributed by atoms with Crippen LogP contribution >= 0.6 is 12.4 Å². The minimum Gasteiger partial charge on any atom is -0.483 e. The highest BCUT2D eigenvalue weighted by Crippen LogP contribution is 2.33. The molecule has 37 heavy (non-hydrogen) atoms. The molecule has 2 aliphatic rings. The highest BCUT2D eigenvalue weighted by atomic mass is 35.5. The van der Waals surface area contributed by atoms with Crippen LogP contribution in [0.2, 0.25) is 0 Å². The molecule has 0 bridgehead atoms. The summed E-state index contributed by atoms with van der Waals surface area (Å²) < 4.78 is 21.4. The summed E-state index contributed by atoms with van der Waals surface area (Å²) in [7, 11) is 0. The topological polar surface area (TPSA) is 176 Å². The van der Waals surface area contributed by atoms with Crippen LogP contribution in [0, 0.1) is 0 Å². The van der Waals surface area contributed by atoms with E-state index in [4.69, 9.17) is 24.7 Å². The van der Waals surface area contributed by atoms with Gasteiger partial charge in [-0.3, -0.25) is 34.2 Å². The summed E-state index contributed by atoms with van der Waals surface area (Å²) in [5, 5.41) is 4.77. The van der Waals surface area contributed by atoms with Crippen molar-refractivity contribution in [3.05, 3.63) is 29.3 Å². The summed E-state index contributed by atoms with van der Waals surface area (Å²) in [6.45, 7) is 2.75. The third-order valence-electron chi connectivity index (χ3n) is 5.36. The van der Waals surface area contributed by atoms with Gasteiger partial charge >= 0.3 is 0 Å². The van der Waals surface area contributed by atoms with Gasteiger partial charge in [0.1, 0.15) is 11.8 Å². The van der Waals surface area contributed by atoms with Gasteiger partial charge in [0, 0.05) is 19.5 Å². The van der Waals surface area contributed by atoms with Crippen molar-refractivity contribution in [2.75, 3.05) is 59.3 Å². The van der Waals surface area contributed by atoms with Crippen LogP contribution in [0.4, 0.5) is 0 Å². The van der Waals surface area contributed by atoms with E-state index in [1.165, 1.54) is 18.2 Å². The Labute approximate surface area is 219 Å². The third kappa shape index (κ3) is 8.20. The Bertz CT molecular complexity index is 991. The normalized spacial score (nSPS) is 16.8. The molecule has 1 unspecified atom stereocenters. The molecule has 1 atom stereocenters. The maximum absolute atomic E-state index is 13.0.